The Kier molecular flexibility index (Phi) is 7.54. The maximum atomic E-state index is 14.3. The van der Waals surface area contributed by atoms with Gasteiger partial charge in [-0.3, -0.25) is 4.98 Å². The summed E-state index contributed by atoms with van der Waals surface area (Å²) >= 11 is 0. The van der Waals surface area contributed by atoms with E-state index in [1.54, 1.807) is 0 Å². The molecular formula is C25H30F4N8O. The second-order valence-electron chi connectivity index (χ2n) is 9.99. The molecule has 5 heterocycles. The number of nitrogens with one attached hydrogen (secondary N) is 1. The number of hydrogen-bond donors (Lipinski definition) is 1. The standard InChI is InChI=1S/C25H30F4N8O/c1-35-8-2-3-17(35)15-38-24-33-20-14-36(21-12-31-11-19(26)22(21)25(27,28)29)9-5-18(20)23(34-24)37-10-7-32-16(13-37)4-6-30/h11-12,16-17,32H,2-5,7-10,13-15H2,1H3/t16-,17-/m0/s1. The van der Waals surface area contributed by atoms with Crippen molar-refractivity contribution in [2.45, 2.75) is 50.5 Å². The van der Waals surface area contributed by atoms with Crippen molar-refractivity contribution in [1.82, 2.24) is 25.2 Å². The molecule has 0 saturated carbocycles. The first-order valence-electron chi connectivity index (χ1n) is 12.8. The summed E-state index contributed by atoms with van der Waals surface area (Å²) in [5.74, 6) is -0.722. The molecule has 204 valence electrons. The van der Waals surface area contributed by atoms with E-state index in [0.717, 1.165) is 31.1 Å². The molecule has 2 aromatic heterocycles. The zero-order valence-corrected chi connectivity index (χ0v) is 21.1. The minimum absolute atomic E-state index is 0.0244. The van der Waals surface area contributed by atoms with Gasteiger partial charge in [0.2, 0.25) is 0 Å². The number of nitriles is 1. The van der Waals surface area contributed by atoms with Crippen molar-refractivity contribution in [3.63, 3.8) is 0 Å². The van der Waals surface area contributed by atoms with Crippen molar-refractivity contribution in [2.75, 3.05) is 56.2 Å². The molecule has 13 heteroatoms. The summed E-state index contributed by atoms with van der Waals surface area (Å²) in [5, 5.41) is 12.5. The van der Waals surface area contributed by atoms with Gasteiger partial charge in [0.1, 0.15) is 18.0 Å². The molecule has 2 saturated heterocycles. The van der Waals surface area contributed by atoms with Gasteiger partial charge < -0.3 is 24.8 Å². The van der Waals surface area contributed by atoms with Crippen LogP contribution in [0.4, 0.5) is 29.1 Å². The fraction of sp³-hybridized carbons (Fsp3) is 0.600. The Morgan fingerprint density at radius 3 is 2.76 bits per heavy atom. The van der Waals surface area contributed by atoms with Crippen LogP contribution in [-0.4, -0.2) is 78.3 Å². The van der Waals surface area contributed by atoms with Gasteiger partial charge in [-0.15, -0.1) is 0 Å². The summed E-state index contributed by atoms with van der Waals surface area (Å²) in [5.41, 5.74) is -0.257. The number of anilines is 2. The Morgan fingerprint density at radius 2 is 2.03 bits per heavy atom. The smallest absolute Gasteiger partial charge is 0.421 e. The van der Waals surface area contributed by atoms with E-state index >= 15 is 0 Å². The molecule has 0 aromatic carbocycles. The predicted molar refractivity (Wildman–Crippen MR) is 131 cm³/mol. The molecule has 0 bridgehead atoms. The summed E-state index contributed by atoms with van der Waals surface area (Å²) in [7, 11) is 2.04. The maximum absolute atomic E-state index is 14.3. The van der Waals surface area contributed by atoms with E-state index in [-0.39, 0.29) is 36.9 Å². The van der Waals surface area contributed by atoms with Gasteiger partial charge in [0.05, 0.1) is 42.8 Å². The van der Waals surface area contributed by atoms with Crippen LogP contribution in [0, 0.1) is 17.1 Å². The van der Waals surface area contributed by atoms with Crippen molar-refractivity contribution >= 4 is 11.5 Å². The Hall–Kier alpha value is -3.24. The van der Waals surface area contributed by atoms with E-state index in [1.165, 1.54) is 4.90 Å². The molecule has 2 atom stereocenters. The quantitative estimate of drug-likeness (QED) is 0.562. The van der Waals surface area contributed by atoms with E-state index < -0.39 is 17.6 Å². The molecule has 38 heavy (non-hydrogen) atoms. The van der Waals surface area contributed by atoms with Crippen LogP contribution in [-0.2, 0) is 19.1 Å². The summed E-state index contributed by atoms with van der Waals surface area (Å²) in [6.07, 6.45) is -0.424. The third-order valence-corrected chi connectivity index (χ3v) is 7.50. The number of pyridine rings is 1. The molecule has 0 amide bonds. The predicted octanol–water partition coefficient (Wildman–Crippen LogP) is 2.76. The van der Waals surface area contributed by atoms with Crippen molar-refractivity contribution < 1.29 is 22.3 Å². The van der Waals surface area contributed by atoms with Crippen molar-refractivity contribution in [2.24, 2.45) is 0 Å². The fourth-order valence-electron chi connectivity index (χ4n) is 5.49. The lowest BCUT2D eigenvalue weighted by atomic mass is 10.0. The van der Waals surface area contributed by atoms with Gasteiger partial charge in [0, 0.05) is 43.8 Å². The maximum Gasteiger partial charge on any atom is 0.421 e. The van der Waals surface area contributed by atoms with Crippen molar-refractivity contribution in [3.8, 4) is 12.1 Å². The summed E-state index contributed by atoms with van der Waals surface area (Å²) in [6, 6.07) is 2.58. The summed E-state index contributed by atoms with van der Waals surface area (Å²) in [4.78, 5) is 18.8. The molecule has 9 nitrogen and oxygen atoms in total. The van der Waals surface area contributed by atoms with Gasteiger partial charge in [-0.1, -0.05) is 0 Å². The SMILES string of the molecule is CN1CCC[C@H]1COc1nc2c(c(N3CCN[C@@H](CC#N)C3)n1)CCN(c1cncc(F)c1C(F)(F)F)C2. The van der Waals surface area contributed by atoms with E-state index in [9.17, 15) is 17.6 Å². The first-order chi connectivity index (χ1) is 18.2. The number of ether oxygens (including phenoxy) is 1. The third-order valence-electron chi connectivity index (χ3n) is 7.50. The van der Waals surface area contributed by atoms with Gasteiger partial charge >= 0.3 is 12.2 Å². The number of rotatable bonds is 6. The van der Waals surface area contributed by atoms with Crippen molar-refractivity contribution in [1.29, 1.82) is 5.26 Å². The molecule has 1 N–H and O–H groups in total. The fourth-order valence-corrected chi connectivity index (χ4v) is 5.49. The number of aromatic nitrogens is 3. The Balaban J connectivity index is 1.47. The second-order valence-corrected chi connectivity index (χ2v) is 9.99. The van der Waals surface area contributed by atoms with Gasteiger partial charge in [0.15, 0.2) is 5.82 Å². The molecular weight excluding hydrogens is 504 g/mol. The number of alkyl halides is 3. The zero-order valence-electron chi connectivity index (χ0n) is 21.1. The van der Waals surface area contributed by atoms with Crippen LogP contribution in [0.15, 0.2) is 12.4 Å². The number of piperazine rings is 1. The number of hydrogen-bond acceptors (Lipinski definition) is 9. The highest BCUT2D eigenvalue weighted by molar-refractivity contribution is 5.58. The number of fused-ring (bicyclic) bond motifs is 1. The van der Waals surface area contributed by atoms with Crippen LogP contribution in [0.25, 0.3) is 0 Å². The molecule has 0 aliphatic carbocycles. The van der Waals surface area contributed by atoms with E-state index in [4.69, 9.17) is 15.0 Å². The monoisotopic (exact) mass is 534 g/mol. The normalized spacial score (nSPS) is 22.3. The molecule has 2 aromatic rings. The van der Waals surface area contributed by atoms with Gasteiger partial charge in [-0.2, -0.15) is 28.4 Å². The first kappa shape index (κ1) is 26.4. The van der Waals surface area contributed by atoms with Crippen molar-refractivity contribution in [3.05, 3.63) is 35.0 Å². The van der Waals surface area contributed by atoms with Gasteiger partial charge in [-0.05, 0) is 32.9 Å². The molecule has 5 rings (SSSR count). The summed E-state index contributed by atoms with van der Waals surface area (Å²) < 4.78 is 61.5. The highest BCUT2D eigenvalue weighted by Gasteiger charge is 2.40. The summed E-state index contributed by atoms with van der Waals surface area (Å²) in [6.45, 7) is 3.55. The van der Waals surface area contributed by atoms with Crippen LogP contribution in [0.3, 0.4) is 0 Å². The topological polar surface area (TPSA) is 93.4 Å². The second kappa shape index (κ2) is 10.9. The Bertz CT molecular complexity index is 1200. The average molecular weight is 535 g/mol. The number of nitrogens with zero attached hydrogens (tertiary/aromatic N) is 7. The van der Waals surface area contributed by atoms with E-state index in [1.807, 2.05) is 7.05 Å². The Labute approximate surface area is 218 Å². The highest BCUT2D eigenvalue weighted by atomic mass is 19.4. The molecule has 3 aliphatic rings. The largest absolute Gasteiger partial charge is 0.462 e. The number of likely N-dealkylation sites (N-methyl/N-ethyl adjacent to an activating group) is 1. The lowest BCUT2D eigenvalue weighted by molar-refractivity contribution is -0.139. The molecule has 0 unspecified atom stereocenters. The van der Waals surface area contributed by atoms with Gasteiger partial charge in [-0.25, -0.2) is 4.39 Å². The van der Waals surface area contributed by atoms with Gasteiger partial charge in [0.25, 0.3) is 0 Å². The number of halogens is 4. The third kappa shape index (κ3) is 5.47. The minimum Gasteiger partial charge on any atom is -0.462 e. The first-order valence-corrected chi connectivity index (χ1v) is 12.8. The lowest BCUT2D eigenvalue weighted by Gasteiger charge is -2.37. The Morgan fingerprint density at radius 1 is 1.18 bits per heavy atom. The van der Waals surface area contributed by atoms with Crippen LogP contribution in [0.5, 0.6) is 6.01 Å². The molecule has 0 spiro atoms. The zero-order chi connectivity index (χ0) is 26.9. The van der Waals surface area contributed by atoms with E-state index in [2.05, 4.69) is 31.2 Å². The molecule has 3 aliphatic heterocycles. The average Bonchev–Trinajstić information content (AvgIpc) is 3.30. The lowest BCUT2D eigenvalue weighted by Crippen LogP contribution is -2.51. The van der Waals surface area contributed by atoms with E-state index in [0.29, 0.717) is 56.8 Å². The van der Waals surface area contributed by atoms with Crippen LogP contribution in [0.1, 0.15) is 36.1 Å². The number of likely N-dealkylation sites (tertiary alicyclic amines) is 1. The van der Waals surface area contributed by atoms with Crippen LogP contribution in [0.2, 0.25) is 0 Å². The molecule has 0 radical (unpaired) electrons. The highest BCUT2D eigenvalue weighted by Crippen LogP contribution is 2.40. The molecule has 2 fully saturated rings. The van der Waals surface area contributed by atoms with Crippen LogP contribution < -0.4 is 19.9 Å². The minimum atomic E-state index is -4.86. The van der Waals surface area contributed by atoms with Crippen LogP contribution >= 0.6 is 0 Å².